The molecule has 3 heterocycles. The lowest BCUT2D eigenvalue weighted by Crippen LogP contribution is -2.44. The maximum absolute atomic E-state index is 12.2. The van der Waals surface area contributed by atoms with Crippen LogP contribution in [-0.4, -0.2) is 64.2 Å². The Hall–Kier alpha value is -1.12. The summed E-state index contributed by atoms with van der Waals surface area (Å²) >= 11 is 1.74. The second-order valence-corrected chi connectivity index (χ2v) is 6.82. The second kappa shape index (κ2) is 6.97. The standard InChI is InChI=1S/C14H23N5O2S/c1-3-4-12(20)19-9-22-8-11(19)14-16-13(17-21-14)10-7-15-5-6-18(10)2/h10-11,15H,3-9H2,1-2H3. The van der Waals surface area contributed by atoms with Crippen LogP contribution in [0.25, 0.3) is 0 Å². The Balaban J connectivity index is 1.73. The smallest absolute Gasteiger partial charge is 0.250 e. The minimum absolute atomic E-state index is 0.0767. The zero-order valence-electron chi connectivity index (χ0n) is 13.1. The molecule has 3 rings (SSSR count). The molecule has 2 unspecified atom stereocenters. The Morgan fingerprint density at radius 1 is 1.50 bits per heavy atom. The van der Waals surface area contributed by atoms with E-state index in [2.05, 4.69) is 27.4 Å². The predicted octanol–water partition coefficient (Wildman–Crippen LogP) is 1.02. The molecule has 2 saturated heterocycles. The van der Waals surface area contributed by atoms with Crippen molar-refractivity contribution in [2.24, 2.45) is 0 Å². The third kappa shape index (κ3) is 3.13. The number of hydrogen-bond donors (Lipinski definition) is 1. The van der Waals surface area contributed by atoms with E-state index in [4.69, 9.17) is 4.52 Å². The van der Waals surface area contributed by atoms with E-state index in [1.807, 2.05) is 11.8 Å². The molecule has 22 heavy (non-hydrogen) atoms. The number of aromatic nitrogens is 2. The molecule has 0 spiro atoms. The van der Waals surface area contributed by atoms with Gasteiger partial charge in [0.25, 0.3) is 0 Å². The van der Waals surface area contributed by atoms with E-state index in [1.54, 1.807) is 11.8 Å². The molecule has 2 fully saturated rings. The number of nitrogens with one attached hydrogen (secondary N) is 1. The van der Waals surface area contributed by atoms with Gasteiger partial charge < -0.3 is 14.7 Å². The third-order valence-electron chi connectivity index (χ3n) is 4.22. The summed E-state index contributed by atoms with van der Waals surface area (Å²) in [5, 5.41) is 7.51. The highest BCUT2D eigenvalue weighted by Crippen LogP contribution is 2.33. The molecule has 1 aromatic rings. The fraction of sp³-hybridized carbons (Fsp3) is 0.786. The topological polar surface area (TPSA) is 74.5 Å². The van der Waals surface area contributed by atoms with Crippen LogP contribution < -0.4 is 5.32 Å². The third-order valence-corrected chi connectivity index (χ3v) is 5.23. The maximum atomic E-state index is 12.2. The molecular formula is C14H23N5O2S. The van der Waals surface area contributed by atoms with E-state index < -0.39 is 0 Å². The number of carbonyl (C=O) groups excluding carboxylic acids is 1. The summed E-state index contributed by atoms with van der Waals surface area (Å²) in [6, 6.07) is 0.0623. The minimum atomic E-state index is -0.0767. The molecule has 7 nitrogen and oxygen atoms in total. The van der Waals surface area contributed by atoms with Crippen LogP contribution >= 0.6 is 11.8 Å². The summed E-state index contributed by atoms with van der Waals surface area (Å²) < 4.78 is 5.49. The highest BCUT2D eigenvalue weighted by molar-refractivity contribution is 7.99. The molecule has 2 atom stereocenters. The highest BCUT2D eigenvalue weighted by Gasteiger charge is 2.35. The first-order valence-corrected chi connectivity index (χ1v) is 8.97. The van der Waals surface area contributed by atoms with Gasteiger partial charge in [0.2, 0.25) is 11.8 Å². The van der Waals surface area contributed by atoms with Crippen molar-refractivity contribution in [2.75, 3.05) is 38.3 Å². The van der Waals surface area contributed by atoms with Gasteiger partial charge in [-0.25, -0.2) is 0 Å². The van der Waals surface area contributed by atoms with E-state index in [-0.39, 0.29) is 18.0 Å². The van der Waals surface area contributed by atoms with Crippen LogP contribution in [0.15, 0.2) is 4.52 Å². The first-order chi connectivity index (χ1) is 10.7. The molecule has 0 aromatic carbocycles. The summed E-state index contributed by atoms with van der Waals surface area (Å²) in [5.74, 6) is 3.00. The Bertz CT molecular complexity index is 523. The Morgan fingerprint density at radius 3 is 3.14 bits per heavy atom. The minimum Gasteiger partial charge on any atom is -0.337 e. The van der Waals surface area contributed by atoms with Gasteiger partial charge in [-0.05, 0) is 13.5 Å². The van der Waals surface area contributed by atoms with Crippen molar-refractivity contribution >= 4 is 17.7 Å². The van der Waals surface area contributed by atoms with Crippen molar-refractivity contribution in [3.63, 3.8) is 0 Å². The van der Waals surface area contributed by atoms with E-state index in [9.17, 15) is 4.79 Å². The molecule has 2 aliphatic heterocycles. The molecule has 122 valence electrons. The number of likely N-dealkylation sites (N-methyl/N-ethyl adjacent to an activating group) is 1. The van der Waals surface area contributed by atoms with Gasteiger partial charge in [-0.15, -0.1) is 11.8 Å². The molecular weight excluding hydrogens is 302 g/mol. The van der Waals surface area contributed by atoms with Crippen molar-refractivity contribution < 1.29 is 9.32 Å². The first-order valence-electron chi connectivity index (χ1n) is 7.82. The summed E-state index contributed by atoms with van der Waals surface area (Å²) in [5.41, 5.74) is 0. The molecule has 0 saturated carbocycles. The van der Waals surface area contributed by atoms with E-state index in [1.165, 1.54) is 0 Å². The van der Waals surface area contributed by atoms with Crippen LogP contribution in [0.5, 0.6) is 0 Å². The normalized spacial score (nSPS) is 26.5. The van der Waals surface area contributed by atoms with Crippen LogP contribution in [0.3, 0.4) is 0 Å². The summed E-state index contributed by atoms with van der Waals surface area (Å²) in [6.45, 7) is 4.80. The van der Waals surface area contributed by atoms with Crippen LogP contribution in [0.4, 0.5) is 0 Å². The Kier molecular flexibility index (Phi) is 5.00. The van der Waals surface area contributed by atoms with E-state index >= 15 is 0 Å². The van der Waals surface area contributed by atoms with Crippen molar-refractivity contribution in [2.45, 2.75) is 31.8 Å². The van der Waals surface area contributed by atoms with Gasteiger partial charge in [-0.1, -0.05) is 12.1 Å². The highest BCUT2D eigenvalue weighted by atomic mass is 32.2. The van der Waals surface area contributed by atoms with Crippen molar-refractivity contribution in [1.29, 1.82) is 0 Å². The monoisotopic (exact) mass is 325 g/mol. The second-order valence-electron chi connectivity index (χ2n) is 5.82. The number of rotatable bonds is 4. The molecule has 0 radical (unpaired) electrons. The molecule has 1 amide bonds. The first kappa shape index (κ1) is 15.8. The van der Waals surface area contributed by atoms with Crippen molar-refractivity contribution in [1.82, 2.24) is 25.3 Å². The van der Waals surface area contributed by atoms with Gasteiger partial charge in [0.15, 0.2) is 5.82 Å². The zero-order valence-corrected chi connectivity index (χ0v) is 13.9. The van der Waals surface area contributed by atoms with Crippen LogP contribution in [0, 0.1) is 0 Å². The van der Waals surface area contributed by atoms with E-state index in [0.717, 1.165) is 31.8 Å². The lowest BCUT2D eigenvalue weighted by atomic mass is 10.2. The quantitative estimate of drug-likeness (QED) is 0.886. The maximum Gasteiger partial charge on any atom is 0.250 e. The fourth-order valence-corrected chi connectivity index (χ4v) is 4.03. The number of hydrogen-bond acceptors (Lipinski definition) is 7. The fourth-order valence-electron chi connectivity index (χ4n) is 2.86. The molecule has 1 aromatic heterocycles. The van der Waals surface area contributed by atoms with Gasteiger partial charge in [-0.3, -0.25) is 9.69 Å². The lowest BCUT2D eigenvalue weighted by molar-refractivity contribution is -0.132. The number of carbonyl (C=O) groups is 1. The van der Waals surface area contributed by atoms with E-state index in [0.29, 0.717) is 24.0 Å². The summed E-state index contributed by atoms with van der Waals surface area (Å²) in [4.78, 5) is 20.9. The van der Waals surface area contributed by atoms with Gasteiger partial charge in [-0.2, -0.15) is 4.98 Å². The number of nitrogens with zero attached hydrogens (tertiary/aromatic N) is 4. The van der Waals surface area contributed by atoms with Crippen LogP contribution in [0.1, 0.15) is 43.6 Å². The van der Waals surface area contributed by atoms with Crippen LogP contribution in [0.2, 0.25) is 0 Å². The predicted molar refractivity (Wildman–Crippen MR) is 84.4 cm³/mol. The summed E-state index contributed by atoms with van der Waals surface area (Å²) in [7, 11) is 2.07. The largest absolute Gasteiger partial charge is 0.337 e. The Labute approximate surface area is 134 Å². The molecule has 8 heteroatoms. The molecule has 1 N–H and O–H groups in total. The van der Waals surface area contributed by atoms with Crippen molar-refractivity contribution in [3.05, 3.63) is 11.7 Å². The SMILES string of the molecule is CCCC(=O)N1CSCC1c1nc(C2CNCCN2C)no1. The lowest BCUT2D eigenvalue weighted by Gasteiger charge is -2.30. The van der Waals surface area contributed by atoms with Gasteiger partial charge in [0.05, 0.1) is 11.9 Å². The average Bonchev–Trinajstić information content (AvgIpc) is 3.17. The van der Waals surface area contributed by atoms with Crippen molar-refractivity contribution in [3.8, 4) is 0 Å². The molecule has 0 aliphatic carbocycles. The van der Waals surface area contributed by atoms with Crippen LogP contribution in [-0.2, 0) is 4.79 Å². The molecule has 2 aliphatic rings. The molecule has 0 bridgehead atoms. The van der Waals surface area contributed by atoms with Gasteiger partial charge >= 0.3 is 0 Å². The average molecular weight is 325 g/mol. The van der Waals surface area contributed by atoms with Gasteiger partial charge in [0.1, 0.15) is 6.04 Å². The number of amides is 1. The number of thioether (sulfide) groups is 1. The number of piperazine rings is 1. The Morgan fingerprint density at radius 2 is 2.36 bits per heavy atom. The summed E-state index contributed by atoms with van der Waals surface area (Å²) in [6.07, 6.45) is 1.44. The zero-order chi connectivity index (χ0) is 15.5. The van der Waals surface area contributed by atoms with Gasteiger partial charge in [0, 0.05) is 31.8 Å².